The highest BCUT2D eigenvalue weighted by atomic mass is 16.5. The van der Waals surface area contributed by atoms with Crippen LogP contribution in [-0.2, 0) is 4.79 Å². The smallest absolute Gasteiger partial charge is 0.302 e. The predicted molar refractivity (Wildman–Crippen MR) is 83.4 cm³/mol. The van der Waals surface area contributed by atoms with Gasteiger partial charge < -0.3 is 14.5 Å². The van der Waals surface area contributed by atoms with E-state index in [0.29, 0.717) is 18.0 Å². The molecule has 0 saturated heterocycles. The first-order chi connectivity index (χ1) is 11.2. The standard InChI is InChI=1S/C16H17N3O4/c1-2-22-13-6-4-3-5-11(13)17-15(21)12-9-23-16(18-12)19-14(20)10-7-8-10/h3-6,9-10H,2,7-8H2,1H3,(H,17,21)(H,18,19,20). The van der Waals surface area contributed by atoms with Crippen LogP contribution < -0.4 is 15.4 Å². The number of anilines is 2. The SMILES string of the molecule is CCOc1ccccc1NC(=O)c1coc(NC(=O)C2CC2)n1. The van der Waals surface area contributed by atoms with Gasteiger partial charge in [-0.25, -0.2) is 0 Å². The highest BCUT2D eigenvalue weighted by Gasteiger charge is 2.30. The monoisotopic (exact) mass is 315 g/mol. The predicted octanol–water partition coefficient (Wildman–Crippen LogP) is 2.67. The number of carbonyl (C=O) groups is 2. The lowest BCUT2D eigenvalue weighted by molar-refractivity contribution is -0.117. The molecule has 0 unspecified atom stereocenters. The first-order valence-electron chi connectivity index (χ1n) is 7.47. The number of rotatable bonds is 6. The molecule has 0 radical (unpaired) electrons. The zero-order valence-electron chi connectivity index (χ0n) is 12.7. The lowest BCUT2D eigenvalue weighted by Crippen LogP contribution is -2.15. The minimum atomic E-state index is -0.437. The van der Waals surface area contributed by atoms with Gasteiger partial charge in [0.15, 0.2) is 5.69 Å². The van der Waals surface area contributed by atoms with Gasteiger partial charge in [-0.15, -0.1) is 0 Å². The van der Waals surface area contributed by atoms with Crippen molar-refractivity contribution < 1.29 is 18.7 Å². The van der Waals surface area contributed by atoms with Crippen molar-refractivity contribution in [1.29, 1.82) is 0 Å². The van der Waals surface area contributed by atoms with E-state index >= 15 is 0 Å². The van der Waals surface area contributed by atoms with E-state index in [1.54, 1.807) is 18.2 Å². The van der Waals surface area contributed by atoms with Crippen LogP contribution in [0.4, 0.5) is 11.7 Å². The van der Waals surface area contributed by atoms with E-state index in [9.17, 15) is 9.59 Å². The summed E-state index contributed by atoms with van der Waals surface area (Å²) in [4.78, 5) is 27.8. The summed E-state index contributed by atoms with van der Waals surface area (Å²) in [5.41, 5.74) is 0.633. The van der Waals surface area contributed by atoms with Crippen molar-refractivity contribution in [2.24, 2.45) is 5.92 Å². The molecule has 2 aromatic rings. The second-order valence-corrected chi connectivity index (χ2v) is 5.18. The zero-order valence-corrected chi connectivity index (χ0v) is 12.7. The third-order valence-corrected chi connectivity index (χ3v) is 3.35. The number of aromatic nitrogens is 1. The van der Waals surface area contributed by atoms with E-state index in [2.05, 4.69) is 15.6 Å². The van der Waals surface area contributed by atoms with Crippen molar-refractivity contribution >= 4 is 23.5 Å². The third kappa shape index (κ3) is 3.68. The van der Waals surface area contributed by atoms with Gasteiger partial charge in [-0.05, 0) is 31.9 Å². The molecule has 0 bridgehead atoms. The summed E-state index contributed by atoms with van der Waals surface area (Å²) in [6, 6.07) is 7.15. The molecular formula is C16H17N3O4. The van der Waals surface area contributed by atoms with Gasteiger partial charge >= 0.3 is 6.01 Å². The van der Waals surface area contributed by atoms with Gasteiger partial charge in [0.1, 0.15) is 12.0 Å². The molecule has 1 saturated carbocycles. The molecule has 1 aliphatic carbocycles. The van der Waals surface area contributed by atoms with Gasteiger partial charge in [-0.3, -0.25) is 14.9 Å². The average molecular weight is 315 g/mol. The largest absolute Gasteiger partial charge is 0.492 e. The van der Waals surface area contributed by atoms with Crippen molar-refractivity contribution in [3.8, 4) is 5.75 Å². The number of hydrogen-bond acceptors (Lipinski definition) is 5. The summed E-state index contributed by atoms with van der Waals surface area (Å²) in [7, 11) is 0. The molecule has 2 N–H and O–H groups in total. The Balaban J connectivity index is 1.66. The minimum Gasteiger partial charge on any atom is -0.492 e. The van der Waals surface area contributed by atoms with Gasteiger partial charge in [0, 0.05) is 5.92 Å². The fourth-order valence-electron chi connectivity index (χ4n) is 2.03. The molecule has 1 aliphatic rings. The average Bonchev–Trinajstić information content (AvgIpc) is 3.29. The lowest BCUT2D eigenvalue weighted by atomic mass is 10.3. The Bertz CT molecular complexity index is 722. The summed E-state index contributed by atoms with van der Waals surface area (Å²) >= 11 is 0. The molecule has 120 valence electrons. The Kier molecular flexibility index (Phi) is 4.27. The van der Waals surface area contributed by atoms with Crippen LogP contribution in [0, 0.1) is 5.92 Å². The molecule has 7 nitrogen and oxygen atoms in total. The quantitative estimate of drug-likeness (QED) is 0.855. The fourth-order valence-corrected chi connectivity index (χ4v) is 2.03. The molecule has 1 aromatic heterocycles. The first kappa shape index (κ1) is 15.1. The number of nitrogens with zero attached hydrogens (tertiary/aromatic N) is 1. The summed E-state index contributed by atoms with van der Waals surface area (Å²) in [6.07, 6.45) is 2.98. The van der Waals surface area contributed by atoms with Gasteiger partial charge in [0.05, 0.1) is 12.3 Å². The molecule has 7 heteroatoms. The minimum absolute atomic E-state index is 0.0325. The Morgan fingerprint density at radius 2 is 2.09 bits per heavy atom. The van der Waals surface area contributed by atoms with Gasteiger partial charge in [-0.2, -0.15) is 4.98 Å². The summed E-state index contributed by atoms with van der Waals surface area (Å²) in [5, 5.41) is 5.27. The summed E-state index contributed by atoms with van der Waals surface area (Å²) in [5.74, 6) is 0.0553. The maximum absolute atomic E-state index is 12.2. The van der Waals surface area contributed by atoms with Gasteiger partial charge in [-0.1, -0.05) is 12.1 Å². The number of hydrogen-bond donors (Lipinski definition) is 2. The number of benzene rings is 1. The topological polar surface area (TPSA) is 93.5 Å². The molecule has 1 fully saturated rings. The molecule has 23 heavy (non-hydrogen) atoms. The van der Waals surface area contributed by atoms with Crippen LogP contribution in [0.5, 0.6) is 5.75 Å². The molecule has 0 spiro atoms. The Morgan fingerprint density at radius 1 is 1.30 bits per heavy atom. The van der Waals surface area contributed by atoms with Crippen LogP contribution in [0.2, 0.25) is 0 Å². The molecule has 1 heterocycles. The molecule has 0 aliphatic heterocycles. The van der Waals surface area contributed by atoms with E-state index < -0.39 is 5.91 Å². The maximum atomic E-state index is 12.2. The number of nitrogens with one attached hydrogen (secondary N) is 2. The van der Waals surface area contributed by atoms with Crippen LogP contribution in [0.15, 0.2) is 34.9 Å². The number of para-hydroxylation sites is 2. The van der Waals surface area contributed by atoms with Crippen LogP contribution in [0.1, 0.15) is 30.3 Å². The highest BCUT2D eigenvalue weighted by molar-refractivity contribution is 6.04. The Hall–Kier alpha value is -2.83. The van der Waals surface area contributed by atoms with Gasteiger partial charge in [0.2, 0.25) is 5.91 Å². The molecular weight excluding hydrogens is 298 g/mol. The Labute approximate surface area is 133 Å². The fraction of sp³-hybridized carbons (Fsp3) is 0.312. The van der Waals surface area contributed by atoms with Crippen LogP contribution >= 0.6 is 0 Å². The van der Waals surface area contributed by atoms with Crippen molar-refractivity contribution in [1.82, 2.24) is 4.98 Å². The van der Waals surface area contributed by atoms with Crippen LogP contribution in [0.3, 0.4) is 0 Å². The van der Waals surface area contributed by atoms with Crippen molar-refractivity contribution in [3.05, 3.63) is 36.2 Å². The number of carbonyl (C=O) groups excluding carboxylic acids is 2. The highest BCUT2D eigenvalue weighted by Crippen LogP contribution is 2.30. The summed E-state index contributed by atoms with van der Waals surface area (Å²) in [6.45, 7) is 2.36. The van der Waals surface area contributed by atoms with Crippen LogP contribution in [0.25, 0.3) is 0 Å². The Morgan fingerprint density at radius 3 is 2.83 bits per heavy atom. The van der Waals surface area contributed by atoms with E-state index in [1.807, 2.05) is 13.0 Å². The maximum Gasteiger partial charge on any atom is 0.302 e. The van der Waals surface area contributed by atoms with Crippen molar-refractivity contribution in [2.45, 2.75) is 19.8 Å². The molecule has 1 aromatic carbocycles. The second kappa shape index (κ2) is 6.51. The van der Waals surface area contributed by atoms with E-state index in [1.165, 1.54) is 6.26 Å². The van der Waals surface area contributed by atoms with E-state index in [0.717, 1.165) is 12.8 Å². The molecule has 0 atom stereocenters. The normalized spacial score (nSPS) is 13.4. The first-order valence-corrected chi connectivity index (χ1v) is 7.47. The van der Waals surface area contributed by atoms with E-state index in [-0.39, 0.29) is 23.5 Å². The number of amides is 2. The number of oxazole rings is 1. The second-order valence-electron chi connectivity index (χ2n) is 5.18. The molecule has 2 amide bonds. The zero-order chi connectivity index (χ0) is 16.2. The molecule has 3 rings (SSSR count). The van der Waals surface area contributed by atoms with Crippen molar-refractivity contribution in [3.63, 3.8) is 0 Å². The third-order valence-electron chi connectivity index (χ3n) is 3.35. The van der Waals surface area contributed by atoms with Crippen LogP contribution in [-0.4, -0.2) is 23.4 Å². The summed E-state index contributed by atoms with van der Waals surface area (Å²) < 4.78 is 10.6. The number of ether oxygens (including phenoxy) is 1. The van der Waals surface area contributed by atoms with E-state index in [4.69, 9.17) is 9.15 Å². The van der Waals surface area contributed by atoms with Gasteiger partial charge in [0.25, 0.3) is 5.91 Å². The lowest BCUT2D eigenvalue weighted by Gasteiger charge is -2.09. The van der Waals surface area contributed by atoms with Crippen molar-refractivity contribution in [2.75, 3.05) is 17.2 Å².